The molecule has 1 aliphatic rings. The van der Waals surface area contributed by atoms with Crippen LogP contribution in [0.1, 0.15) is 0 Å². The lowest BCUT2D eigenvalue weighted by Gasteiger charge is -2.33. The fourth-order valence-electron chi connectivity index (χ4n) is 7.73. The summed E-state index contributed by atoms with van der Waals surface area (Å²) < 4.78 is 0. The predicted octanol–water partition coefficient (Wildman–Crippen LogP) is 13.8. The van der Waals surface area contributed by atoms with Crippen molar-refractivity contribution >= 4 is 79.3 Å². The number of hydrogen-bond acceptors (Lipinski definition) is 6. The summed E-state index contributed by atoms with van der Waals surface area (Å²) in [5.41, 5.74) is 13.9. The number of benzene rings is 7. The summed E-state index contributed by atoms with van der Waals surface area (Å²) in [5, 5.41) is 0. The van der Waals surface area contributed by atoms with Gasteiger partial charge in [-0.1, -0.05) is 78.9 Å². The molecule has 0 radical (unpaired) electrons. The first-order valence-corrected chi connectivity index (χ1v) is 18.7. The Morgan fingerprint density at radius 1 is 0.250 bits per heavy atom. The fraction of sp³-hybridized carbons (Fsp3) is 0. The largest absolute Gasteiger partial charge is 0.310 e. The van der Waals surface area contributed by atoms with Crippen LogP contribution in [-0.4, -0.2) is 9.97 Å². The highest BCUT2D eigenvalue weighted by Gasteiger charge is 2.23. The van der Waals surface area contributed by atoms with Gasteiger partial charge >= 0.3 is 0 Å². The molecule has 1 aliphatic heterocycles. The summed E-state index contributed by atoms with van der Waals surface area (Å²) in [4.78, 5) is 18.9. The molecule has 0 spiro atoms. The molecular weight excluding hydrogens is 685 g/mol. The molecule has 9 aromatic rings. The van der Waals surface area contributed by atoms with Crippen LogP contribution in [0.5, 0.6) is 0 Å². The van der Waals surface area contributed by atoms with Gasteiger partial charge in [0.25, 0.3) is 0 Å². The molecule has 0 N–H and O–H groups in total. The van der Waals surface area contributed by atoms with Gasteiger partial charge in [0, 0.05) is 75.0 Å². The van der Waals surface area contributed by atoms with Gasteiger partial charge in [0.15, 0.2) is 0 Å². The maximum Gasteiger partial charge on any atom is 0.113 e. The number of nitrogens with zero attached hydrogens (tertiary/aromatic N) is 6. The van der Waals surface area contributed by atoms with Crippen molar-refractivity contribution in [2.24, 2.45) is 0 Å². The van der Waals surface area contributed by atoms with E-state index in [1.165, 1.54) is 0 Å². The fourth-order valence-corrected chi connectivity index (χ4v) is 7.73. The molecule has 0 saturated carbocycles. The lowest BCUT2D eigenvalue weighted by atomic mass is 10.1. The van der Waals surface area contributed by atoms with Crippen molar-refractivity contribution in [3.05, 3.63) is 219 Å². The average molecular weight is 721 g/mol. The van der Waals surface area contributed by atoms with Crippen LogP contribution in [-0.2, 0) is 0 Å². The van der Waals surface area contributed by atoms with Gasteiger partial charge in [0.2, 0.25) is 0 Å². The highest BCUT2D eigenvalue weighted by molar-refractivity contribution is 5.96. The van der Waals surface area contributed by atoms with Crippen LogP contribution in [0.3, 0.4) is 0 Å². The van der Waals surface area contributed by atoms with Crippen molar-refractivity contribution in [3.63, 3.8) is 0 Å². The van der Waals surface area contributed by atoms with Crippen molar-refractivity contribution in [2.45, 2.75) is 0 Å². The number of anilines is 12. The Morgan fingerprint density at radius 3 is 0.964 bits per heavy atom. The number of aromatic nitrogens is 2. The van der Waals surface area contributed by atoms with Gasteiger partial charge < -0.3 is 19.6 Å². The molecule has 0 amide bonds. The lowest BCUT2D eigenvalue weighted by Crippen LogP contribution is -2.16. The van der Waals surface area contributed by atoms with Crippen LogP contribution in [0.2, 0.25) is 0 Å². The molecule has 8 bridgehead atoms. The molecule has 0 fully saturated rings. The highest BCUT2D eigenvalue weighted by atomic mass is 15.2. The average Bonchev–Trinajstić information content (AvgIpc) is 3.26. The molecule has 0 saturated heterocycles. The molecule has 7 aromatic carbocycles. The first kappa shape index (κ1) is 32.9. The Balaban J connectivity index is 1.29. The summed E-state index contributed by atoms with van der Waals surface area (Å²) >= 11 is 0. The predicted molar refractivity (Wildman–Crippen MR) is 232 cm³/mol. The van der Waals surface area contributed by atoms with Crippen LogP contribution in [0, 0.1) is 0 Å². The maximum atomic E-state index is 4.88. The van der Waals surface area contributed by atoms with Crippen molar-refractivity contribution in [1.82, 2.24) is 9.97 Å². The second-order valence-corrected chi connectivity index (χ2v) is 13.6. The standard InChI is InChI=1S/C50H36N6/c1-4-15-37(16-5-1)53-40-21-10-23-42(33-40)54(38-17-6-2-7-18-38)44-25-12-27-46(35-44)56(49-30-32-51-48-29-14-31-52-50(48)49)47-28-13-26-45(36-47)55(39-19-8-3-9-20-39)43-24-11-22-41(53)34-43/h1-36H. The molecule has 6 heteroatoms. The zero-order valence-corrected chi connectivity index (χ0v) is 30.5. The summed E-state index contributed by atoms with van der Waals surface area (Å²) in [7, 11) is 0. The zero-order valence-electron chi connectivity index (χ0n) is 30.5. The molecule has 266 valence electrons. The minimum absolute atomic E-state index is 0.821. The minimum Gasteiger partial charge on any atom is -0.310 e. The number of fused-ring (bicyclic) bond motifs is 9. The Labute approximate surface area is 326 Å². The summed E-state index contributed by atoms with van der Waals surface area (Å²) in [6.45, 7) is 0. The minimum atomic E-state index is 0.821. The Bertz CT molecular complexity index is 2650. The Kier molecular flexibility index (Phi) is 8.39. The molecule has 0 aliphatic carbocycles. The quantitative estimate of drug-likeness (QED) is 0.180. The van der Waals surface area contributed by atoms with Gasteiger partial charge in [-0.3, -0.25) is 9.97 Å². The van der Waals surface area contributed by atoms with E-state index >= 15 is 0 Å². The second kappa shape index (κ2) is 14.3. The number of para-hydroxylation sites is 3. The van der Waals surface area contributed by atoms with Crippen molar-refractivity contribution in [1.29, 1.82) is 0 Å². The SMILES string of the molecule is c1ccc(N2c3cccc(c3)N(c3ccccc3)c3cccc(c3)N(c3ccnc4cccnc34)c3cccc(c3)N(c3ccccc3)c3cccc2c3)cc1. The number of rotatable bonds is 4. The van der Waals surface area contributed by atoms with E-state index in [0.717, 1.165) is 79.3 Å². The molecular formula is C50H36N6. The number of pyridine rings is 2. The topological polar surface area (TPSA) is 38.7 Å². The molecule has 0 atom stereocenters. The van der Waals surface area contributed by atoms with E-state index in [9.17, 15) is 0 Å². The van der Waals surface area contributed by atoms with Crippen LogP contribution >= 0.6 is 0 Å². The normalized spacial score (nSPS) is 12.5. The van der Waals surface area contributed by atoms with Crippen LogP contribution in [0.15, 0.2) is 219 Å². The first-order chi connectivity index (χ1) is 27.8. The van der Waals surface area contributed by atoms with Crippen LogP contribution < -0.4 is 19.6 Å². The van der Waals surface area contributed by atoms with E-state index in [-0.39, 0.29) is 0 Å². The molecule has 10 rings (SSSR count). The third kappa shape index (κ3) is 6.05. The van der Waals surface area contributed by atoms with Crippen LogP contribution in [0.4, 0.5) is 68.2 Å². The van der Waals surface area contributed by atoms with E-state index in [1.807, 2.05) is 24.5 Å². The van der Waals surface area contributed by atoms with E-state index in [4.69, 9.17) is 9.97 Å². The van der Waals surface area contributed by atoms with Gasteiger partial charge in [-0.2, -0.15) is 0 Å². The third-order valence-corrected chi connectivity index (χ3v) is 10.1. The smallest absolute Gasteiger partial charge is 0.113 e. The van der Waals surface area contributed by atoms with Crippen molar-refractivity contribution in [2.75, 3.05) is 19.6 Å². The van der Waals surface area contributed by atoms with E-state index in [0.29, 0.717) is 0 Å². The van der Waals surface area contributed by atoms with E-state index in [2.05, 4.69) is 214 Å². The van der Waals surface area contributed by atoms with Gasteiger partial charge in [-0.05, 0) is 127 Å². The van der Waals surface area contributed by atoms with E-state index in [1.54, 1.807) is 0 Å². The highest BCUT2D eigenvalue weighted by Crippen LogP contribution is 2.46. The number of hydrogen-bond donors (Lipinski definition) is 0. The molecule has 0 unspecified atom stereocenters. The van der Waals surface area contributed by atoms with E-state index < -0.39 is 0 Å². The lowest BCUT2D eigenvalue weighted by molar-refractivity contribution is 1.21. The van der Waals surface area contributed by atoms with Gasteiger partial charge in [-0.25, -0.2) is 0 Å². The first-order valence-electron chi connectivity index (χ1n) is 18.7. The summed E-state index contributed by atoms with van der Waals surface area (Å²) in [5.74, 6) is 0. The third-order valence-electron chi connectivity index (χ3n) is 10.1. The summed E-state index contributed by atoms with van der Waals surface area (Å²) in [6, 6.07) is 72.8. The molecule has 6 nitrogen and oxygen atoms in total. The zero-order chi connectivity index (χ0) is 37.3. The van der Waals surface area contributed by atoms with Gasteiger partial charge in [0.1, 0.15) is 5.52 Å². The molecule has 3 heterocycles. The van der Waals surface area contributed by atoms with Crippen LogP contribution in [0.25, 0.3) is 11.0 Å². The Morgan fingerprint density at radius 2 is 0.589 bits per heavy atom. The second-order valence-electron chi connectivity index (χ2n) is 13.6. The molecule has 56 heavy (non-hydrogen) atoms. The maximum absolute atomic E-state index is 4.88. The Hall–Kier alpha value is -7.70. The summed E-state index contributed by atoms with van der Waals surface area (Å²) in [6.07, 6.45) is 3.71. The van der Waals surface area contributed by atoms with Crippen molar-refractivity contribution < 1.29 is 0 Å². The monoisotopic (exact) mass is 720 g/mol. The van der Waals surface area contributed by atoms with Gasteiger partial charge in [-0.15, -0.1) is 0 Å². The van der Waals surface area contributed by atoms with Crippen molar-refractivity contribution in [3.8, 4) is 0 Å². The molecule has 2 aromatic heterocycles. The van der Waals surface area contributed by atoms with Gasteiger partial charge in [0.05, 0.1) is 11.2 Å².